The molecular formula is C15H14Cl2FNO2. The summed E-state index contributed by atoms with van der Waals surface area (Å²) in [5.74, 6) is 0.252. The third kappa shape index (κ3) is 3.39. The molecule has 0 N–H and O–H groups in total. The van der Waals surface area contributed by atoms with E-state index in [2.05, 4.69) is 0 Å². The minimum absolute atomic E-state index is 0.0558. The van der Waals surface area contributed by atoms with Gasteiger partial charge in [0.25, 0.3) is 5.91 Å². The number of halogens is 3. The van der Waals surface area contributed by atoms with E-state index in [4.69, 9.17) is 27.6 Å². The molecule has 1 aromatic heterocycles. The lowest BCUT2D eigenvalue weighted by Gasteiger charge is -2.17. The second-order valence-corrected chi connectivity index (χ2v) is 5.36. The van der Waals surface area contributed by atoms with Crippen LogP contribution in [0.15, 0.2) is 28.7 Å². The predicted molar refractivity (Wildman–Crippen MR) is 80.2 cm³/mol. The average molecular weight is 330 g/mol. The van der Waals surface area contributed by atoms with Crippen LogP contribution in [-0.2, 0) is 12.4 Å². The van der Waals surface area contributed by atoms with Crippen LogP contribution in [0, 0.1) is 12.7 Å². The number of benzene rings is 1. The summed E-state index contributed by atoms with van der Waals surface area (Å²) >= 11 is 11.7. The Kier molecular flexibility index (Phi) is 4.91. The number of carbonyl (C=O) groups excluding carboxylic acids is 1. The minimum atomic E-state index is -0.445. The highest BCUT2D eigenvalue weighted by Crippen LogP contribution is 2.22. The zero-order chi connectivity index (χ0) is 15.6. The smallest absolute Gasteiger partial charge is 0.289 e. The fourth-order valence-electron chi connectivity index (χ4n) is 1.94. The highest BCUT2D eigenvalue weighted by atomic mass is 35.5. The standard InChI is InChI=1S/C15H14Cl2FNO2/c1-9-10(7-16)6-14(21-9)15(20)19(2)8-11-12(17)4-3-5-13(11)18/h3-6H,7-8H2,1-2H3. The van der Waals surface area contributed by atoms with Gasteiger partial charge in [0.2, 0.25) is 0 Å². The monoisotopic (exact) mass is 329 g/mol. The van der Waals surface area contributed by atoms with E-state index in [-0.39, 0.29) is 34.7 Å². The lowest BCUT2D eigenvalue weighted by atomic mass is 10.2. The quantitative estimate of drug-likeness (QED) is 0.779. The third-order valence-corrected chi connectivity index (χ3v) is 3.82. The Balaban J connectivity index is 2.19. The molecule has 0 radical (unpaired) electrons. The van der Waals surface area contributed by atoms with Crippen LogP contribution < -0.4 is 0 Å². The maximum atomic E-state index is 13.7. The summed E-state index contributed by atoms with van der Waals surface area (Å²) in [5.41, 5.74) is 1.04. The molecule has 2 rings (SSSR count). The fraction of sp³-hybridized carbons (Fsp3) is 0.267. The molecule has 0 spiro atoms. The number of aryl methyl sites for hydroxylation is 1. The van der Waals surface area contributed by atoms with Crippen molar-refractivity contribution in [2.45, 2.75) is 19.3 Å². The van der Waals surface area contributed by atoms with Gasteiger partial charge in [-0.05, 0) is 25.1 Å². The minimum Gasteiger partial charge on any atom is -0.456 e. The average Bonchev–Trinajstić information content (AvgIpc) is 2.83. The summed E-state index contributed by atoms with van der Waals surface area (Å²) in [5, 5.41) is 0.284. The molecule has 1 aromatic carbocycles. The van der Waals surface area contributed by atoms with Gasteiger partial charge in [0, 0.05) is 23.2 Å². The first-order valence-electron chi connectivity index (χ1n) is 6.27. The summed E-state index contributed by atoms with van der Waals surface area (Å²) in [4.78, 5) is 13.6. The van der Waals surface area contributed by atoms with E-state index in [0.29, 0.717) is 5.76 Å². The van der Waals surface area contributed by atoms with Crippen molar-refractivity contribution in [1.29, 1.82) is 0 Å². The number of alkyl halides is 1. The Bertz CT molecular complexity index is 649. The second-order valence-electron chi connectivity index (χ2n) is 4.69. The van der Waals surface area contributed by atoms with Crippen LogP contribution in [0.3, 0.4) is 0 Å². The van der Waals surface area contributed by atoms with Crippen molar-refractivity contribution >= 4 is 29.1 Å². The van der Waals surface area contributed by atoms with Gasteiger partial charge in [-0.1, -0.05) is 17.7 Å². The van der Waals surface area contributed by atoms with Crippen LogP contribution in [0.1, 0.15) is 27.4 Å². The maximum absolute atomic E-state index is 13.7. The molecule has 0 saturated carbocycles. The lowest BCUT2D eigenvalue weighted by molar-refractivity contribution is 0.0751. The van der Waals surface area contributed by atoms with Crippen LogP contribution in [0.5, 0.6) is 0 Å². The summed E-state index contributed by atoms with van der Waals surface area (Å²) in [6.45, 7) is 1.79. The molecule has 6 heteroatoms. The molecule has 0 saturated heterocycles. The SMILES string of the molecule is Cc1oc(C(=O)N(C)Cc2c(F)cccc2Cl)cc1CCl. The normalized spacial score (nSPS) is 10.7. The predicted octanol–water partition coefficient (Wildman–Crippen LogP) is 4.39. The number of amides is 1. The van der Waals surface area contributed by atoms with Crippen LogP contribution in [-0.4, -0.2) is 17.9 Å². The van der Waals surface area contributed by atoms with Gasteiger partial charge in [0.05, 0.1) is 12.4 Å². The maximum Gasteiger partial charge on any atom is 0.289 e. The van der Waals surface area contributed by atoms with E-state index < -0.39 is 5.82 Å². The van der Waals surface area contributed by atoms with Crippen molar-refractivity contribution in [3.63, 3.8) is 0 Å². The van der Waals surface area contributed by atoms with Crippen LogP contribution in [0.2, 0.25) is 5.02 Å². The Morgan fingerprint density at radius 3 is 2.71 bits per heavy atom. The first-order valence-corrected chi connectivity index (χ1v) is 7.19. The molecule has 2 aromatic rings. The zero-order valence-electron chi connectivity index (χ0n) is 11.6. The highest BCUT2D eigenvalue weighted by molar-refractivity contribution is 6.31. The molecule has 0 atom stereocenters. The van der Waals surface area contributed by atoms with Crippen LogP contribution in [0.4, 0.5) is 4.39 Å². The van der Waals surface area contributed by atoms with E-state index in [1.165, 1.54) is 17.0 Å². The second kappa shape index (κ2) is 6.50. The van der Waals surface area contributed by atoms with Gasteiger partial charge < -0.3 is 9.32 Å². The third-order valence-electron chi connectivity index (χ3n) is 3.18. The highest BCUT2D eigenvalue weighted by Gasteiger charge is 2.20. The van der Waals surface area contributed by atoms with E-state index >= 15 is 0 Å². The molecule has 0 aliphatic rings. The van der Waals surface area contributed by atoms with E-state index in [1.54, 1.807) is 26.1 Å². The van der Waals surface area contributed by atoms with Crippen LogP contribution in [0.25, 0.3) is 0 Å². The van der Waals surface area contributed by atoms with Gasteiger partial charge in [0.15, 0.2) is 5.76 Å². The summed E-state index contributed by atoms with van der Waals surface area (Å²) < 4.78 is 19.1. The van der Waals surface area contributed by atoms with Crippen molar-refractivity contribution in [3.8, 4) is 0 Å². The van der Waals surface area contributed by atoms with Crippen molar-refractivity contribution in [2.24, 2.45) is 0 Å². The number of nitrogens with zero attached hydrogens (tertiary/aromatic N) is 1. The molecule has 1 heterocycles. The number of hydrogen-bond donors (Lipinski definition) is 0. The first kappa shape index (κ1) is 15.9. The van der Waals surface area contributed by atoms with Crippen molar-refractivity contribution in [3.05, 3.63) is 57.8 Å². The van der Waals surface area contributed by atoms with Crippen molar-refractivity contribution in [1.82, 2.24) is 4.90 Å². The zero-order valence-corrected chi connectivity index (χ0v) is 13.1. The van der Waals surface area contributed by atoms with Gasteiger partial charge >= 0.3 is 0 Å². The molecule has 0 aliphatic carbocycles. The Labute approximate surface area is 132 Å². The van der Waals surface area contributed by atoms with Crippen LogP contribution >= 0.6 is 23.2 Å². The largest absolute Gasteiger partial charge is 0.456 e. The lowest BCUT2D eigenvalue weighted by Crippen LogP contribution is -2.26. The first-order chi connectivity index (χ1) is 9.93. The molecule has 112 valence electrons. The van der Waals surface area contributed by atoms with Gasteiger partial charge in [-0.15, -0.1) is 11.6 Å². The number of carbonyl (C=O) groups is 1. The molecule has 1 amide bonds. The molecular weight excluding hydrogens is 316 g/mol. The van der Waals surface area contributed by atoms with Gasteiger partial charge in [-0.2, -0.15) is 0 Å². The summed E-state index contributed by atoms with van der Waals surface area (Å²) in [7, 11) is 1.56. The summed E-state index contributed by atoms with van der Waals surface area (Å²) in [6, 6.07) is 6.01. The molecule has 0 fully saturated rings. The molecule has 0 aliphatic heterocycles. The van der Waals surface area contributed by atoms with E-state index in [0.717, 1.165) is 5.56 Å². The van der Waals surface area contributed by atoms with E-state index in [1.807, 2.05) is 0 Å². The number of hydrogen-bond acceptors (Lipinski definition) is 2. The fourth-order valence-corrected chi connectivity index (χ4v) is 2.43. The Morgan fingerprint density at radius 1 is 1.43 bits per heavy atom. The number of furan rings is 1. The molecule has 3 nitrogen and oxygen atoms in total. The molecule has 0 unspecified atom stereocenters. The Morgan fingerprint density at radius 2 is 2.14 bits per heavy atom. The summed E-state index contributed by atoms with van der Waals surface area (Å²) in [6.07, 6.45) is 0. The van der Waals surface area contributed by atoms with Crippen molar-refractivity contribution < 1.29 is 13.6 Å². The van der Waals surface area contributed by atoms with Gasteiger partial charge in [-0.25, -0.2) is 4.39 Å². The topological polar surface area (TPSA) is 33.5 Å². The number of rotatable bonds is 4. The molecule has 21 heavy (non-hydrogen) atoms. The van der Waals surface area contributed by atoms with Gasteiger partial charge in [0.1, 0.15) is 11.6 Å². The molecule has 0 bridgehead atoms. The Hall–Kier alpha value is -1.52. The van der Waals surface area contributed by atoms with Gasteiger partial charge in [-0.3, -0.25) is 4.79 Å². The van der Waals surface area contributed by atoms with Crippen molar-refractivity contribution in [2.75, 3.05) is 7.05 Å². The van der Waals surface area contributed by atoms with E-state index in [9.17, 15) is 9.18 Å².